The molecule has 35 heavy (non-hydrogen) atoms. The van der Waals surface area contributed by atoms with Gasteiger partial charge in [-0.25, -0.2) is 13.2 Å². The number of fused-ring (bicyclic) bond motifs is 1. The van der Waals surface area contributed by atoms with E-state index in [0.717, 1.165) is 68.6 Å². The average Bonchev–Trinajstić information content (AvgIpc) is 3.23. The first-order chi connectivity index (χ1) is 16.8. The van der Waals surface area contributed by atoms with Crippen LogP contribution in [0.1, 0.15) is 59.9 Å². The van der Waals surface area contributed by atoms with Gasteiger partial charge in [-0.15, -0.1) is 10.2 Å². The van der Waals surface area contributed by atoms with Crippen LogP contribution in [0.3, 0.4) is 0 Å². The Kier molecular flexibility index (Phi) is 8.51. The topological polar surface area (TPSA) is 97.6 Å². The minimum atomic E-state index is -3.44. The molecule has 0 aliphatic carbocycles. The van der Waals surface area contributed by atoms with Crippen molar-refractivity contribution in [1.82, 2.24) is 24.0 Å². The maximum absolute atomic E-state index is 13.3. The van der Waals surface area contributed by atoms with Crippen molar-refractivity contribution in [3.63, 3.8) is 0 Å². The minimum absolute atomic E-state index is 0.216. The van der Waals surface area contributed by atoms with Crippen molar-refractivity contribution in [1.29, 1.82) is 0 Å². The van der Waals surface area contributed by atoms with Crippen molar-refractivity contribution in [2.75, 3.05) is 38.5 Å². The maximum Gasteiger partial charge on any atom is 0.376 e. The zero-order chi connectivity index (χ0) is 25.0. The van der Waals surface area contributed by atoms with Crippen LogP contribution in [0.2, 0.25) is 0 Å². The highest BCUT2D eigenvalue weighted by molar-refractivity contribution is 7.99. The number of thioether (sulfide) groups is 1. The molecule has 3 heterocycles. The second-order valence-electron chi connectivity index (χ2n) is 9.10. The number of rotatable bonds is 9. The van der Waals surface area contributed by atoms with Crippen LogP contribution in [-0.4, -0.2) is 76.9 Å². The van der Waals surface area contributed by atoms with E-state index in [1.54, 1.807) is 34.6 Å². The Bertz CT molecular complexity index is 1160. The first-order valence-electron chi connectivity index (χ1n) is 12.4. The van der Waals surface area contributed by atoms with Gasteiger partial charge in [0.25, 0.3) is 0 Å². The molecule has 0 saturated carbocycles. The molecule has 1 saturated heterocycles. The van der Waals surface area contributed by atoms with Gasteiger partial charge in [-0.2, -0.15) is 4.31 Å². The smallest absolute Gasteiger partial charge is 0.376 e. The number of carbonyl (C=O) groups is 1. The quantitative estimate of drug-likeness (QED) is 0.282. The summed E-state index contributed by atoms with van der Waals surface area (Å²) in [7, 11) is -1.67. The van der Waals surface area contributed by atoms with Gasteiger partial charge in [-0.05, 0) is 68.8 Å². The van der Waals surface area contributed by atoms with Crippen LogP contribution in [0, 0.1) is 6.92 Å². The van der Waals surface area contributed by atoms with Gasteiger partial charge in [0.05, 0.1) is 11.5 Å². The van der Waals surface area contributed by atoms with E-state index in [1.807, 2.05) is 19.1 Å². The molecule has 0 unspecified atom stereocenters. The summed E-state index contributed by atoms with van der Waals surface area (Å²) in [4.78, 5) is 14.8. The Hall–Kier alpha value is -1.95. The predicted molar refractivity (Wildman–Crippen MR) is 135 cm³/mol. The third kappa shape index (κ3) is 5.73. The molecule has 1 aromatic heterocycles. The molecule has 0 radical (unpaired) electrons. The molecule has 9 nitrogen and oxygen atoms in total. The van der Waals surface area contributed by atoms with E-state index in [1.165, 1.54) is 5.56 Å². The molecule has 0 spiro atoms. The molecule has 0 amide bonds. The predicted octanol–water partition coefficient (Wildman–Crippen LogP) is 3.02. The summed E-state index contributed by atoms with van der Waals surface area (Å²) in [5.41, 5.74) is 3.32. The summed E-state index contributed by atoms with van der Waals surface area (Å²) in [5.74, 6) is 0.603. The molecule has 2 aliphatic heterocycles. The van der Waals surface area contributed by atoms with Crippen LogP contribution >= 0.6 is 11.8 Å². The maximum atomic E-state index is 13.3. The Balaban J connectivity index is 1.35. The monoisotopic (exact) mass is 521 g/mol. The lowest BCUT2D eigenvalue weighted by Gasteiger charge is -2.32. The van der Waals surface area contributed by atoms with Crippen molar-refractivity contribution in [3.05, 3.63) is 34.6 Å². The van der Waals surface area contributed by atoms with Gasteiger partial charge in [0.1, 0.15) is 0 Å². The lowest BCUT2D eigenvalue weighted by Crippen LogP contribution is -2.37. The third-order valence-electron chi connectivity index (χ3n) is 6.80. The fraction of sp³-hybridized carbons (Fsp3) is 0.625. The summed E-state index contributed by atoms with van der Waals surface area (Å²) in [6.07, 6.45) is 4.86. The fourth-order valence-corrected chi connectivity index (χ4v) is 7.41. The van der Waals surface area contributed by atoms with Gasteiger partial charge in [-0.3, -0.25) is 9.47 Å². The number of sulfonamides is 1. The largest absolute Gasteiger partial charge is 0.460 e. The molecule has 2 aliphatic rings. The van der Waals surface area contributed by atoms with Gasteiger partial charge in [-0.1, -0.05) is 24.2 Å². The second kappa shape index (κ2) is 11.4. The molecular formula is C24H35N5O4S2. The normalized spacial score (nSPS) is 17.3. The number of carbonyl (C=O) groups excluding carboxylic acids is 1. The number of ether oxygens (including phenoxy) is 1. The number of esters is 1. The number of benzene rings is 1. The van der Waals surface area contributed by atoms with Gasteiger partial charge in [0.2, 0.25) is 15.8 Å². The van der Waals surface area contributed by atoms with Gasteiger partial charge >= 0.3 is 5.97 Å². The van der Waals surface area contributed by atoms with E-state index >= 15 is 0 Å². The summed E-state index contributed by atoms with van der Waals surface area (Å²) < 4.78 is 34.9. The first kappa shape index (κ1) is 26.1. The molecule has 1 aromatic carbocycles. The molecule has 0 bridgehead atoms. The average molecular weight is 522 g/mol. The lowest BCUT2D eigenvalue weighted by atomic mass is 9.95. The molecule has 192 valence electrons. The highest BCUT2D eigenvalue weighted by atomic mass is 32.2. The zero-order valence-electron chi connectivity index (χ0n) is 20.8. The Labute approximate surface area is 212 Å². The van der Waals surface area contributed by atoms with Gasteiger partial charge < -0.3 is 4.74 Å². The third-order valence-corrected chi connectivity index (χ3v) is 9.95. The van der Waals surface area contributed by atoms with Crippen LogP contribution in [0.25, 0.3) is 0 Å². The Morgan fingerprint density at radius 2 is 1.91 bits per heavy atom. The van der Waals surface area contributed by atoms with Crippen LogP contribution < -0.4 is 0 Å². The van der Waals surface area contributed by atoms with Crippen molar-refractivity contribution in [2.24, 2.45) is 7.05 Å². The molecular weight excluding hydrogens is 486 g/mol. The highest BCUT2D eigenvalue weighted by Gasteiger charge is 2.30. The molecule has 0 N–H and O–H groups in total. The van der Waals surface area contributed by atoms with E-state index in [0.29, 0.717) is 29.7 Å². The van der Waals surface area contributed by atoms with Crippen LogP contribution in [0.15, 0.2) is 22.2 Å². The van der Waals surface area contributed by atoms with Crippen LogP contribution in [0.5, 0.6) is 0 Å². The Morgan fingerprint density at radius 3 is 2.66 bits per heavy atom. The minimum Gasteiger partial charge on any atom is -0.460 e. The van der Waals surface area contributed by atoms with E-state index in [2.05, 4.69) is 15.1 Å². The number of hydrogen-bond donors (Lipinski definition) is 0. The van der Waals surface area contributed by atoms with Crippen LogP contribution in [-0.2, 0) is 34.8 Å². The van der Waals surface area contributed by atoms with E-state index in [-0.39, 0.29) is 5.82 Å². The second-order valence-corrected chi connectivity index (χ2v) is 12.1. The molecule has 1 fully saturated rings. The highest BCUT2D eigenvalue weighted by Crippen LogP contribution is 2.30. The van der Waals surface area contributed by atoms with Crippen molar-refractivity contribution < 1.29 is 17.9 Å². The lowest BCUT2D eigenvalue weighted by molar-refractivity contribution is 0.0506. The first-order valence-corrected chi connectivity index (χ1v) is 14.8. The number of piperidine rings is 1. The SMILES string of the molecule is CCOC(=O)c1nnc(SCCCN2CCc3ccc(S(=O)(=O)N4CCCCC4)c(C)c3C2)n1C. The molecule has 11 heteroatoms. The standard InChI is InChI=1S/C24H35N5O4S2/c1-4-33-23(30)22-25-26-24(27(22)3)34-16-8-12-28-15-11-19-9-10-21(18(2)20(19)17-28)35(31,32)29-13-6-5-7-14-29/h9-10H,4-8,11-17H2,1-3H3. The van der Waals surface area contributed by atoms with Crippen molar-refractivity contribution >= 4 is 27.8 Å². The van der Waals surface area contributed by atoms with Crippen molar-refractivity contribution in [3.8, 4) is 0 Å². The summed E-state index contributed by atoms with van der Waals surface area (Å²) >= 11 is 1.57. The number of nitrogens with zero attached hydrogens (tertiary/aromatic N) is 5. The molecule has 0 atom stereocenters. The van der Waals surface area contributed by atoms with E-state index in [9.17, 15) is 13.2 Å². The molecule has 4 rings (SSSR count). The van der Waals surface area contributed by atoms with Crippen molar-refractivity contribution in [2.45, 2.75) is 62.5 Å². The van der Waals surface area contributed by atoms with Crippen LogP contribution in [0.4, 0.5) is 0 Å². The zero-order valence-corrected chi connectivity index (χ0v) is 22.5. The Morgan fingerprint density at radius 1 is 1.14 bits per heavy atom. The summed E-state index contributed by atoms with van der Waals surface area (Å²) in [6, 6.07) is 3.83. The van der Waals surface area contributed by atoms with E-state index in [4.69, 9.17) is 4.74 Å². The fourth-order valence-electron chi connectivity index (χ4n) is 4.81. The summed E-state index contributed by atoms with van der Waals surface area (Å²) in [6.45, 7) is 7.92. The molecule has 2 aromatic rings. The van der Waals surface area contributed by atoms with Gasteiger partial charge in [0.15, 0.2) is 5.16 Å². The number of hydrogen-bond acceptors (Lipinski definition) is 8. The number of aromatic nitrogens is 3. The van der Waals surface area contributed by atoms with Gasteiger partial charge in [0, 0.05) is 39.0 Å². The summed E-state index contributed by atoms with van der Waals surface area (Å²) in [5, 5.41) is 8.77. The van der Waals surface area contributed by atoms with E-state index < -0.39 is 16.0 Å².